The molecule has 0 aromatic heterocycles. The Balaban J connectivity index is 2.35. The smallest absolute Gasteiger partial charge is 0.247 e. The summed E-state index contributed by atoms with van der Waals surface area (Å²) >= 11 is 0. The third-order valence-electron chi connectivity index (χ3n) is 4.05. The maximum atomic E-state index is 12.8. The van der Waals surface area contributed by atoms with Gasteiger partial charge in [0, 0.05) is 12.2 Å². The molecule has 1 aliphatic rings. The quantitative estimate of drug-likeness (QED) is 0.831. The van der Waals surface area contributed by atoms with Gasteiger partial charge in [-0.3, -0.25) is 4.79 Å². The van der Waals surface area contributed by atoms with Crippen molar-refractivity contribution in [3.8, 4) is 6.07 Å². The number of hydrogen-bond acceptors (Lipinski definition) is 2. The predicted octanol–water partition coefficient (Wildman–Crippen LogP) is 3.43. The van der Waals surface area contributed by atoms with Crippen molar-refractivity contribution in [1.29, 1.82) is 5.26 Å². The van der Waals surface area contributed by atoms with Gasteiger partial charge in [-0.15, -0.1) is 0 Å². The van der Waals surface area contributed by atoms with Gasteiger partial charge in [0.25, 0.3) is 0 Å². The fraction of sp³-hybridized carbons (Fsp3) is 0.500. The van der Waals surface area contributed by atoms with E-state index in [-0.39, 0.29) is 5.91 Å². The molecule has 0 bridgehead atoms. The average molecular weight is 256 g/mol. The van der Waals surface area contributed by atoms with E-state index in [0.717, 1.165) is 24.1 Å². The Morgan fingerprint density at radius 1 is 1.37 bits per heavy atom. The zero-order chi connectivity index (χ0) is 13.9. The molecule has 1 fully saturated rings. The first-order valence-electron chi connectivity index (χ1n) is 6.93. The molecule has 0 saturated heterocycles. The number of nitriles is 1. The van der Waals surface area contributed by atoms with Gasteiger partial charge in [0.05, 0.1) is 6.07 Å². The molecule has 0 radical (unpaired) electrons. The summed E-state index contributed by atoms with van der Waals surface area (Å²) < 4.78 is 0. The third kappa shape index (κ3) is 2.35. The van der Waals surface area contributed by atoms with Crippen LogP contribution in [0.25, 0.3) is 0 Å². The van der Waals surface area contributed by atoms with Crippen molar-refractivity contribution < 1.29 is 4.79 Å². The summed E-state index contributed by atoms with van der Waals surface area (Å²) in [4.78, 5) is 14.6. The van der Waals surface area contributed by atoms with Crippen molar-refractivity contribution in [2.75, 3.05) is 11.4 Å². The molecule has 3 nitrogen and oxygen atoms in total. The Labute approximate surface area is 114 Å². The Kier molecular flexibility index (Phi) is 3.90. The highest BCUT2D eigenvalue weighted by atomic mass is 16.2. The molecule has 1 aromatic rings. The number of carbonyl (C=O) groups is 1. The first kappa shape index (κ1) is 13.6. The van der Waals surface area contributed by atoms with Gasteiger partial charge >= 0.3 is 0 Å². The maximum Gasteiger partial charge on any atom is 0.247 e. The second-order valence-electron chi connectivity index (χ2n) is 5.24. The fourth-order valence-corrected chi connectivity index (χ4v) is 2.90. The van der Waals surface area contributed by atoms with Crippen LogP contribution >= 0.6 is 0 Å². The molecule has 0 heterocycles. The number of nitrogens with zero attached hydrogens (tertiary/aromatic N) is 2. The third-order valence-corrected chi connectivity index (χ3v) is 4.05. The highest BCUT2D eigenvalue weighted by Crippen LogP contribution is 2.40. The molecule has 1 aromatic carbocycles. The minimum Gasteiger partial charge on any atom is -0.311 e. The molecule has 1 saturated carbocycles. The Morgan fingerprint density at radius 3 is 2.53 bits per heavy atom. The largest absolute Gasteiger partial charge is 0.311 e. The SMILES string of the molecule is CCN(C(=O)C1(C#N)CCCC1)c1ccccc1C. The van der Waals surface area contributed by atoms with Crippen LogP contribution in [0.4, 0.5) is 5.69 Å². The van der Waals surface area contributed by atoms with Crippen LogP contribution in [-0.2, 0) is 4.79 Å². The van der Waals surface area contributed by atoms with E-state index in [1.54, 1.807) is 4.90 Å². The van der Waals surface area contributed by atoms with E-state index in [1.165, 1.54) is 0 Å². The van der Waals surface area contributed by atoms with Gasteiger partial charge in [-0.05, 0) is 38.3 Å². The summed E-state index contributed by atoms with van der Waals surface area (Å²) in [5.41, 5.74) is 1.21. The Hall–Kier alpha value is -1.82. The van der Waals surface area contributed by atoms with E-state index < -0.39 is 5.41 Å². The monoisotopic (exact) mass is 256 g/mol. The molecule has 1 aliphatic carbocycles. The first-order chi connectivity index (χ1) is 9.14. The summed E-state index contributed by atoms with van der Waals surface area (Å²) in [6.45, 7) is 4.57. The van der Waals surface area contributed by atoms with Crippen LogP contribution in [-0.4, -0.2) is 12.5 Å². The number of para-hydroxylation sites is 1. The fourth-order valence-electron chi connectivity index (χ4n) is 2.90. The molecule has 2 rings (SSSR count). The molecule has 0 aliphatic heterocycles. The summed E-state index contributed by atoms with van der Waals surface area (Å²) in [5.74, 6) is -0.0238. The van der Waals surface area contributed by atoms with Crippen LogP contribution in [0, 0.1) is 23.7 Å². The zero-order valence-corrected chi connectivity index (χ0v) is 11.6. The summed E-state index contributed by atoms with van der Waals surface area (Å²) in [6, 6.07) is 10.1. The number of benzene rings is 1. The van der Waals surface area contributed by atoms with E-state index in [9.17, 15) is 10.1 Å². The lowest BCUT2D eigenvalue weighted by molar-refractivity contribution is -0.125. The van der Waals surface area contributed by atoms with Gasteiger partial charge in [-0.2, -0.15) is 5.26 Å². The van der Waals surface area contributed by atoms with Crippen LogP contribution in [0.5, 0.6) is 0 Å². The minimum atomic E-state index is -0.793. The molecule has 0 spiro atoms. The summed E-state index contributed by atoms with van der Waals surface area (Å²) in [6.07, 6.45) is 3.35. The van der Waals surface area contributed by atoms with Gasteiger partial charge in [0.15, 0.2) is 0 Å². The average Bonchev–Trinajstić information content (AvgIpc) is 2.91. The van der Waals surface area contributed by atoms with Crippen molar-refractivity contribution in [3.63, 3.8) is 0 Å². The second-order valence-corrected chi connectivity index (χ2v) is 5.24. The lowest BCUT2D eigenvalue weighted by Gasteiger charge is -2.30. The van der Waals surface area contributed by atoms with Gasteiger partial charge in [-0.1, -0.05) is 31.0 Å². The van der Waals surface area contributed by atoms with Gasteiger partial charge in [0.1, 0.15) is 5.41 Å². The highest BCUT2D eigenvalue weighted by Gasteiger charge is 2.44. The minimum absolute atomic E-state index is 0.0238. The number of carbonyl (C=O) groups excluding carboxylic acids is 1. The van der Waals surface area contributed by atoms with Crippen molar-refractivity contribution in [2.45, 2.75) is 39.5 Å². The van der Waals surface area contributed by atoms with Crippen molar-refractivity contribution in [1.82, 2.24) is 0 Å². The molecular weight excluding hydrogens is 236 g/mol. The zero-order valence-electron chi connectivity index (χ0n) is 11.6. The molecule has 3 heteroatoms. The Bertz CT molecular complexity index is 510. The molecular formula is C16H20N2O. The van der Waals surface area contributed by atoms with Gasteiger partial charge in [0.2, 0.25) is 5.91 Å². The topological polar surface area (TPSA) is 44.1 Å². The van der Waals surface area contributed by atoms with Crippen LogP contribution < -0.4 is 4.90 Å². The maximum absolute atomic E-state index is 12.8. The lowest BCUT2D eigenvalue weighted by Crippen LogP contribution is -2.42. The van der Waals surface area contributed by atoms with Gasteiger partial charge in [-0.25, -0.2) is 0 Å². The second kappa shape index (κ2) is 5.44. The van der Waals surface area contributed by atoms with Crippen molar-refractivity contribution in [2.24, 2.45) is 5.41 Å². The summed E-state index contributed by atoms with van der Waals surface area (Å²) in [5, 5.41) is 9.45. The van der Waals surface area contributed by atoms with Gasteiger partial charge < -0.3 is 4.90 Å². The van der Waals surface area contributed by atoms with Crippen LogP contribution in [0.2, 0.25) is 0 Å². The molecule has 19 heavy (non-hydrogen) atoms. The highest BCUT2D eigenvalue weighted by molar-refractivity contribution is 6.00. The molecule has 100 valence electrons. The molecule has 0 N–H and O–H groups in total. The predicted molar refractivity (Wildman–Crippen MR) is 75.7 cm³/mol. The first-order valence-corrected chi connectivity index (χ1v) is 6.93. The van der Waals surface area contributed by atoms with Crippen molar-refractivity contribution in [3.05, 3.63) is 29.8 Å². The summed E-state index contributed by atoms with van der Waals surface area (Å²) in [7, 11) is 0. The number of anilines is 1. The number of amides is 1. The van der Waals surface area contributed by atoms with E-state index in [1.807, 2.05) is 38.1 Å². The van der Waals surface area contributed by atoms with Crippen LogP contribution in [0.15, 0.2) is 24.3 Å². The van der Waals surface area contributed by atoms with E-state index >= 15 is 0 Å². The van der Waals surface area contributed by atoms with Crippen LogP contribution in [0.1, 0.15) is 38.2 Å². The van der Waals surface area contributed by atoms with E-state index in [2.05, 4.69) is 6.07 Å². The van der Waals surface area contributed by atoms with Crippen molar-refractivity contribution >= 4 is 11.6 Å². The number of rotatable bonds is 3. The lowest BCUT2D eigenvalue weighted by atomic mass is 9.86. The normalized spacial score (nSPS) is 16.9. The number of hydrogen-bond donors (Lipinski definition) is 0. The van der Waals surface area contributed by atoms with E-state index in [4.69, 9.17) is 0 Å². The van der Waals surface area contributed by atoms with Crippen LogP contribution in [0.3, 0.4) is 0 Å². The standard InChI is InChI=1S/C16H20N2O/c1-3-18(14-9-5-4-8-13(14)2)15(19)16(12-17)10-6-7-11-16/h4-5,8-9H,3,6-7,10-11H2,1-2H3. The van der Waals surface area contributed by atoms with E-state index in [0.29, 0.717) is 19.4 Å². The number of aryl methyl sites for hydroxylation is 1. The molecule has 0 atom stereocenters. The molecule has 1 amide bonds. The molecule has 0 unspecified atom stereocenters. The Morgan fingerprint density at radius 2 is 2.00 bits per heavy atom.